The number of aryl methyl sites for hydroxylation is 2. The number of carbonyl (C=O) groups is 1. The number of carbonyl (C=O) groups excluding carboxylic acids is 1. The smallest absolute Gasteiger partial charge is 0.345 e. The van der Waals surface area contributed by atoms with Crippen LogP contribution in [-0.4, -0.2) is 25.7 Å². The predicted molar refractivity (Wildman–Crippen MR) is 86.3 cm³/mol. The number of hydrogen-bond acceptors (Lipinski definition) is 6. The van der Waals surface area contributed by atoms with Crippen molar-refractivity contribution in [3.05, 3.63) is 56.9 Å². The van der Waals surface area contributed by atoms with Crippen LogP contribution in [0.1, 0.15) is 16.1 Å². The van der Waals surface area contributed by atoms with Crippen molar-refractivity contribution in [3.8, 4) is 5.75 Å². The van der Waals surface area contributed by atoms with Gasteiger partial charge in [0, 0.05) is 24.7 Å². The number of pyridine rings is 1. The fourth-order valence-corrected chi connectivity index (χ4v) is 2.42. The van der Waals surface area contributed by atoms with E-state index in [-0.39, 0.29) is 22.0 Å². The van der Waals surface area contributed by atoms with Gasteiger partial charge in [-0.2, -0.15) is 5.10 Å². The Hall–Kier alpha value is -3.00. The van der Waals surface area contributed by atoms with Crippen LogP contribution in [0.15, 0.2) is 30.5 Å². The van der Waals surface area contributed by atoms with Gasteiger partial charge < -0.3 is 4.74 Å². The standard InChI is InChI=1S/C15H11ClN4O4/c1-8-11-5-9(7-17-14(11)19(2)18-8)15(21)24-13-6-10(20(22)23)3-4-12(13)16/h3-7H,1-2H3. The zero-order chi connectivity index (χ0) is 17.4. The molecule has 0 spiro atoms. The third-order valence-electron chi connectivity index (χ3n) is 3.43. The van der Waals surface area contributed by atoms with E-state index in [4.69, 9.17) is 16.3 Å². The molecule has 0 unspecified atom stereocenters. The van der Waals surface area contributed by atoms with Crippen LogP contribution in [0.5, 0.6) is 5.75 Å². The highest BCUT2D eigenvalue weighted by molar-refractivity contribution is 6.32. The van der Waals surface area contributed by atoms with Crippen molar-refractivity contribution in [3.63, 3.8) is 0 Å². The van der Waals surface area contributed by atoms with Crippen molar-refractivity contribution in [1.29, 1.82) is 0 Å². The van der Waals surface area contributed by atoms with Gasteiger partial charge >= 0.3 is 5.97 Å². The van der Waals surface area contributed by atoms with Crippen molar-refractivity contribution in [2.75, 3.05) is 0 Å². The Morgan fingerprint density at radius 2 is 2.12 bits per heavy atom. The minimum atomic E-state index is -0.713. The van der Waals surface area contributed by atoms with E-state index in [9.17, 15) is 14.9 Å². The quantitative estimate of drug-likeness (QED) is 0.313. The van der Waals surface area contributed by atoms with E-state index in [1.165, 1.54) is 18.3 Å². The van der Waals surface area contributed by atoms with E-state index >= 15 is 0 Å². The number of esters is 1. The first-order valence-electron chi connectivity index (χ1n) is 6.82. The Morgan fingerprint density at radius 1 is 1.38 bits per heavy atom. The molecule has 24 heavy (non-hydrogen) atoms. The number of non-ortho nitro benzene ring substituents is 1. The van der Waals surface area contributed by atoms with E-state index in [0.29, 0.717) is 5.65 Å². The molecular weight excluding hydrogens is 336 g/mol. The second kappa shape index (κ2) is 5.89. The summed E-state index contributed by atoms with van der Waals surface area (Å²) in [5.41, 5.74) is 1.33. The Balaban J connectivity index is 1.94. The highest BCUT2D eigenvalue weighted by atomic mass is 35.5. The summed E-state index contributed by atoms with van der Waals surface area (Å²) in [6.07, 6.45) is 1.36. The number of nitro benzene ring substituents is 1. The minimum Gasteiger partial charge on any atom is -0.421 e. The van der Waals surface area contributed by atoms with Crippen molar-refractivity contribution in [2.24, 2.45) is 7.05 Å². The van der Waals surface area contributed by atoms with Gasteiger partial charge in [-0.3, -0.25) is 14.8 Å². The minimum absolute atomic E-state index is 0.0844. The van der Waals surface area contributed by atoms with Crippen molar-refractivity contribution < 1.29 is 14.5 Å². The Bertz CT molecular complexity index is 983. The van der Waals surface area contributed by atoms with Gasteiger partial charge in [-0.15, -0.1) is 0 Å². The van der Waals surface area contributed by atoms with Gasteiger partial charge in [0.1, 0.15) is 0 Å². The third kappa shape index (κ3) is 2.79. The van der Waals surface area contributed by atoms with E-state index < -0.39 is 10.9 Å². The largest absolute Gasteiger partial charge is 0.421 e. The van der Waals surface area contributed by atoms with Crippen LogP contribution in [0, 0.1) is 17.0 Å². The SMILES string of the molecule is Cc1nn(C)c2ncc(C(=O)Oc3cc([N+](=O)[O-])ccc3Cl)cc12. The molecule has 0 radical (unpaired) electrons. The average Bonchev–Trinajstić information content (AvgIpc) is 2.83. The zero-order valence-corrected chi connectivity index (χ0v) is 13.4. The molecule has 0 saturated heterocycles. The van der Waals surface area contributed by atoms with Crippen LogP contribution in [0.25, 0.3) is 11.0 Å². The van der Waals surface area contributed by atoms with E-state index in [0.717, 1.165) is 17.1 Å². The molecule has 3 rings (SSSR count). The van der Waals surface area contributed by atoms with Crippen LogP contribution in [0.2, 0.25) is 5.02 Å². The molecule has 0 aliphatic rings. The van der Waals surface area contributed by atoms with Crippen molar-refractivity contribution in [2.45, 2.75) is 6.92 Å². The number of ether oxygens (including phenoxy) is 1. The van der Waals surface area contributed by atoms with Gasteiger partial charge in [-0.1, -0.05) is 11.6 Å². The number of hydrogen-bond donors (Lipinski definition) is 0. The molecule has 1 aromatic carbocycles. The fraction of sp³-hybridized carbons (Fsp3) is 0.133. The van der Waals surface area contributed by atoms with E-state index in [1.54, 1.807) is 24.7 Å². The Labute approximate surface area is 140 Å². The number of nitrogens with zero attached hydrogens (tertiary/aromatic N) is 4. The molecule has 2 heterocycles. The molecule has 9 heteroatoms. The maximum atomic E-state index is 12.3. The lowest BCUT2D eigenvalue weighted by Gasteiger charge is -2.06. The fourth-order valence-electron chi connectivity index (χ4n) is 2.26. The van der Waals surface area contributed by atoms with Gasteiger partial charge in [0.05, 0.1) is 27.3 Å². The number of aromatic nitrogens is 3. The zero-order valence-electron chi connectivity index (χ0n) is 12.7. The summed E-state index contributed by atoms with van der Waals surface area (Å²) in [6.45, 7) is 1.80. The third-order valence-corrected chi connectivity index (χ3v) is 3.74. The molecule has 122 valence electrons. The molecule has 0 amide bonds. The van der Waals surface area contributed by atoms with Crippen molar-refractivity contribution >= 4 is 34.3 Å². The highest BCUT2D eigenvalue weighted by Gasteiger charge is 2.17. The number of benzene rings is 1. The summed E-state index contributed by atoms with van der Waals surface area (Å²) in [6, 6.07) is 5.24. The molecule has 0 N–H and O–H groups in total. The summed E-state index contributed by atoms with van der Waals surface area (Å²) in [5, 5.41) is 15.9. The molecule has 0 fully saturated rings. The van der Waals surface area contributed by atoms with Gasteiger partial charge in [0.15, 0.2) is 11.4 Å². The molecule has 3 aromatic rings. The highest BCUT2D eigenvalue weighted by Crippen LogP contribution is 2.29. The van der Waals surface area contributed by atoms with E-state index in [1.807, 2.05) is 0 Å². The molecule has 0 saturated carbocycles. The van der Waals surface area contributed by atoms with Crippen LogP contribution in [-0.2, 0) is 7.05 Å². The molecule has 8 nitrogen and oxygen atoms in total. The van der Waals surface area contributed by atoms with Crippen LogP contribution in [0.3, 0.4) is 0 Å². The lowest BCUT2D eigenvalue weighted by molar-refractivity contribution is -0.384. The first-order valence-corrected chi connectivity index (χ1v) is 7.20. The summed E-state index contributed by atoms with van der Waals surface area (Å²) in [5.74, 6) is -0.797. The van der Waals surface area contributed by atoms with Crippen LogP contribution < -0.4 is 4.74 Å². The van der Waals surface area contributed by atoms with Gasteiger partial charge in [0.25, 0.3) is 5.69 Å². The topological polar surface area (TPSA) is 100 Å². The van der Waals surface area contributed by atoms with Crippen molar-refractivity contribution in [1.82, 2.24) is 14.8 Å². The van der Waals surface area contributed by atoms with Crippen LogP contribution in [0.4, 0.5) is 5.69 Å². The second-order valence-electron chi connectivity index (χ2n) is 5.07. The van der Waals surface area contributed by atoms with Gasteiger partial charge in [-0.25, -0.2) is 9.78 Å². The number of rotatable bonds is 3. The van der Waals surface area contributed by atoms with Gasteiger partial charge in [-0.05, 0) is 19.1 Å². The molecule has 2 aromatic heterocycles. The molecular formula is C15H11ClN4O4. The second-order valence-corrected chi connectivity index (χ2v) is 5.47. The lowest BCUT2D eigenvalue weighted by atomic mass is 10.2. The normalized spacial score (nSPS) is 10.8. The molecule has 0 aliphatic heterocycles. The summed E-state index contributed by atoms with van der Waals surface area (Å²) in [4.78, 5) is 26.7. The summed E-state index contributed by atoms with van der Waals surface area (Å²) < 4.78 is 6.78. The van der Waals surface area contributed by atoms with Gasteiger partial charge in [0.2, 0.25) is 0 Å². The predicted octanol–water partition coefficient (Wildman–Crippen LogP) is 3.06. The first kappa shape index (κ1) is 15.9. The average molecular weight is 347 g/mol. The van der Waals surface area contributed by atoms with E-state index in [2.05, 4.69) is 10.1 Å². The monoisotopic (exact) mass is 346 g/mol. The number of nitro groups is 1. The first-order chi connectivity index (χ1) is 11.4. The van der Waals surface area contributed by atoms with Crippen LogP contribution >= 0.6 is 11.6 Å². The molecule has 0 atom stereocenters. The lowest BCUT2D eigenvalue weighted by Crippen LogP contribution is -2.09. The number of halogens is 1. The Kier molecular flexibility index (Phi) is 3.90. The summed E-state index contributed by atoms with van der Waals surface area (Å²) in [7, 11) is 1.75. The molecule has 0 bridgehead atoms. The molecule has 0 aliphatic carbocycles. The maximum Gasteiger partial charge on any atom is 0.345 e. The maximum absolute atomic E-state index is 12.3. The number of fused-ring (bicyclic) bond motifs is 1. The summed E-state index contributed by atoms with van der Waals surface area (Å²) >= 11 is 5.93. The Morgan fingerprint density at radius 3 is 2.83 bits per heavy atom.